The number of rotatable bonds is 3. The van der Waals surface area contributed by atoms with Crippen LogP contribution in [-0.4, -0.2) is 11.6 Å². The minimum Gasteiger partial charge on any atom is -0.364 e. The first kappa shape index (κ1) is 9.62. The van der Waals surface area contributed by atoms with Gasteiger partial charge in [0, 0.05) is 5.70 Å². The van der Waals surface area contributed by atoms with Gasteiger partial charge in [-0.25, -0.2) is 4.99 Å². The van der Waals surface area contributed by atoms with E-state index in [4.69, 9.17) is 5.73 Å². The molecule has 3 heteroatoms. The predicted molar refractivity (Wildman–Crippen MR) is 46.3 cm³/mol. The molecule has 0 saturated heterocycles. The molecule has 0 radical (unpaired) electrons. The Morgan fingerprint density at radius 1 is 1.64 bits per heavy atom. The Hall–Kier alpha value is -1.38. The summed E-state index contributed by atoms with van der Waals surface area (Å²) in [4.78, 5) is 14.5. The third-order valence-electron chi connectivity index (χ3n) is 1.16. The van der Waals surface area contributed by atoms with Crippen molar-refractivity contribution in [1.29, 1.82) is 0 Å². The van der Waals surface area contributed by atoms with Gasteiger partial charge < -0.3 is 5.73 Å². The molecule has 0 saturated carbocycles. The lowest BCUT2D eigenvalue weighted by Crippen LogP contribution is -2.21. The van der Waals surface area contributed by atoms with E-state index in [1.54, 1.807) is 13.0 Å². The molecule has 0 aromatic rings. The Morgan fingerprint density at radius 3 is 2.45 bits per heavy atom. The van der Waals surface area contributed by atoms with Gasteiger partial charge >= 0.3 is 0 Å². The minimum atomic E-state index is -0.554. The van der Waals surface area contributed by atoms with Crippen molar-refractivity contribution < 1.29 is 4.79 Å². The van der Waals surface area contributed by atoms with Crippen LogP contribution in [0.25, 0.3) is 0 Å². The predicted octanol–water partition coefficient (Wildman–Crippen LogP) is 1.02. The Morgan fingerprint density at radius 2 is 2.18 bits per heavy atom. The summed E-state index contributed by atoms with van der Waals surface area (Å²) in [5.74, 6) is -0.554. The van der Waals surface area contributed by atoms with E-state index in [1.807, 2.05) is 6.92 Å². The lowest BCUT2D eigenvalue weighted by molar-refractivity contribution is -0.111. The highest BCUT2D eigenvalue weighted by Gasteiger charge is 1.99. The molecule has 0 aromatic heterocycles. The van der Waals surface area contributed by atoms with E-state index < -0.39 is 5.91 Å². The summed E-state index contributed by atoms with van der Waals surface area (Å²) < 4.78 is 0. The molecule has 0 aromatic carbocycles. The number of aliphatic imine (C=N–C) groups is 1. The number of hydrogen-bond acceptors (Lipinski definition) is 2. The zero-order valence-electron chi connectivity index (χ0n) is 6.79. The number of nitrogens with two attached hydrogens (primary N) is 1. The second-order valence-corrected chi connectivity index (χ2v) is 2.00. The quantitative estimate of drug-likeness (QED) is 0.603. The van der Waals surface area contributed by atoms with E-state index in [0.29, 0.717) is 0 Å². The average molecular weight is 152 g/mol. The van der Waals surface area contributed by atoms with Crippen LogP contribution in [0.2, 0.25) is 0 Å². The molecular formula is C8H12N2O. The van der Waals surface area contributed by atoms with E-state index >= 15 is 0 Å². The highest BCUT2D eigenvalue weighted by atomic mass is 16.1. The molecule has 0 heterocycles. The van der Waals surface area contributed by atoms with E-state index in [-0.39, 0.29) is 5.71 Å². The van der Waals surface area contributed by atoms with Crippen molar-refractivity contribution in [3.05, 3.63) is 24.4 Å². The van der Waals surface area contributed by atoms with Crippen LogP contribution in [0, 0.1) is 0 Å². The molecule has 0 rings (SSSR count). The molecule has 1 amide bonds. The van der Waals surface area contributed by atoms with Crippen LogP contribution in [0.5, 0.6) is 0 Å². The third-order valence-corrected chi connectivity index (χ3v) is 1.16. The van der Waals surface area contributed by atoms with Crippen LogP contribution in [0.1, 0.15) is 13.8 Å². The summed E-state index contributed by atoms with van der Waals surface area (Å²) in [5, 5.41) is 0. The van der Waals surface area contributed by atoms with Gasteiger partial charge in [-0.3, -0.25) is 4.79 Å². The number of amides is 1. The van der Waals surface area contributed by atoms with Crippen LogP contribution in [0.15, 0.2) is 29.4 Å². The zero-order valence-corrected chi connectivity index (χ0v) is 6.79. The number of allylic oxidation sites excluding steroid dienone is 2. The summed E-state index contributed by atoms with van der Waals surface area (Å²) in [6.45, 7) is 7.03. The van der Waals surface area contributed by atoms with Crippen LogP contribution >= 0.6 is 0 Å². The highest BCUT2D eigenvalue weighted by Crippen LogP contribution is 1.94. The van der Waals surface area contributed by atoms with Crippen molar-refractivity contribution in [3.63, 3.8) is 0 Å². The van der Waals surface area contributed by atoms with Gasteiger partial charge in [0.15, 0.2) is 0 Å². The normalized spacial score (nSPS) is 12.9. The Balaban J connectivity index is 4.62. The molecule has 0 aliphatic rings. The molecule has 2 N–H and O–H groups in total. The summed E-state index contributed by atoms with van der Waals surface area (Å²) in [6, 6.07) is 0. The number of nitrogens with zero attached hydrogens (tertiary/aromatic N) is 1. The maximum absolute atomic E-state index is 10.6. The molecule has 0 aliphatic carbocycles. The lowest BCUT2D eigenvalue weighted by atomic mass is 10.3. The maximum atomic E-state index is 10.6. The molecule has 0 fully saturated rings. The maximum Gasteiger partial charge on any atom is 0.267 e. The topological polar surface area (TPSA) is 55.4 Å². The van der Waals surface area contributed by atoms with E-state index in [1.165, 1.54) is 6.08 Å². The summed E-state index contributed by atoms with van der Waals surface area (Å²) in [5.41, 5.74) is 5.93. The summed E-state index contributed by atoms with van der Waals surface area (Å²) >= 11 is 0. The molecule has 0 unspecified atom stereocenters. The van der Waals surface area contributed by atoms with Crippen molar-refractivity contribution in [2.75, 3.05) is 0 Å². The van der Waals surface area contributed by atoms with Gasteiger partial charge in [0.1, 0.15) is 5.71 Å². The first-order valence-electron chi connectivity index (χ1n) is 3.25. The second-order valence-electron chi connectivity index (χ2n) is 2.00. The highest BCUT2D eigenvalue weighted by molar-refractivity contribution is 6.42. The van der Waals surface area contributed by atoms with Gasteiger partial charge in [0.05, 0.1) is 0 Å². The van der Waals surface area contributed by atoms with Gasteiger partial charge in [0.2, 0.25) is 0 Å². The Kier molecular flexibility index (Phi) is 3.88. The number of primary amides is 1. The van der Waals surface area contributed by atoms with Gasteiger partial charge in [0.25, 0.3) is 5.91 Å². The van der Waals surface area contributed by atoms with E-state index in [2.05, 4.69) is 11.6 Å². The van der Waals surface area contributed by atoms with Crippen molar-refractivity contribution in [1.82, 2.24) is 0 Å². The standard InChI is InChI=1S/C8H12N2O/c1-4-6(3)10-7(5-2)8(9)11/h4-5H,2H2,1,3H3,(H2,9,11)/b6-4+,10-7+. The molecule has 60 valence electrons. The van der Waals surface area contributed by atoms with E-state index in [9.17, 15) is 4.79 Å². The van der Waals surface area contributed by atoms with Crippen LogP contribution in [-0.2, 0) is 4.79 Å². The van der Waals surface area contributed by atoms with Crippen molar-refractivity contribution >= 4 is 11.6 Å². The monoisotopic (exact) mass is 152 g/mol. The third kappa shape index (κ3) is 3.35. The molecular weight excluding hydrogens is 140 g/mol. The number of hydrogen-bond donors (Lipinski definition) is 1. The van der Waals surface area contributed by atoms with Gasteiger partial charge in [-0.1, -0.05) is 12.7 Å². The average Bonchev–Trinajstić information content (AvgIpc) is 1.99. The van der Waals surface area contributed by atoms with E-state index in [0.717, 1.165) is 5.70 Å². The van der Waals surface area contributed by atoms with Crippen LogP contribution in [0.3, 0.4) is 0 Å². The fourth-order valence-corrected chi connectivity index (χ4v) is 0.456. The van der Waals surface area contributed by atoms with Gasteiger partial charge in [-0.2, -0.15) is 0 Å². The molecule has 3 nitrogen and oxygen atoms in total. The molecule has 11 heavy (non-hydrogen) atoms. The smallest absolute Gasteiger partial charge is 0.267 e. The van der Waals surface area contributed by atoms with Crippen LogP contribution in [0.4, 0.5) is 0 Å². The van der Waals surface area contributed by atoms with Crippen molar-refractivity contribution in [2.24, 2.45) is 10.7 Å². The SMILES string of the molecule is C=C/C(=N\C(C)=C\C)C(N)=O. The first-order valence-corrected chi connectivity index (χ1v) is 3.25. The van der Waals surface area contributed by atoms with Crippen molar-refractivity contribution in [3.8, 4) is 0 Å². The lowest BCUT2D eigenvalue weighted by Gasteiger charge is -1.94. The van der Waals surface area contributed by atoms with Crippen LogP contribution < -0.4 is 5.73 Å². The molecule has 0 aliphatic heterocycles. The zero-order chi connectivity index (χ0) is 8.85. The first-order chi connectivity index (χ1) is 5.11. The van der Waals surface area contributed by atoms with Crippen molar-refractivity contribution in [2.45, 2.75) is 13.8 Å². The minimum absolute atomic E-state index is 0.195. The molecule has 0 spiro atoms. The fourth-order valence-electron chi connectivity index (χ4n) is 0.456. The molecule has 0 atom stereocenters. The summed E-state index contributed by atoms with van der Waals surface area (Å²) in [6.07, 6.45) is 3.13. The number of carbonyl (C=O) groups excluding carboxylic acids is 1. The Bertz CT molecular complexity index is 226. The molecule has 0 bridgehead atoms. The second kappa shape index (κ2) is 4.44. The van der Waals surface area contributed by atoms with Gasteiger partial charge in [-0.15, -0.1) is 0 Å². The summed E-state index contributed by atoms with van der Waals surface area (Å²) in [7, 11) is 0. The van der Waals surface area contributed by atoms with Gasteiger partial charge in [-0.05, 0) is 19.9 Å². The Labute approximate surface area is 66.3 Å². The number of carbonyl (C=O) groups is 1. The fraction of sp³-hybridized carbons (Fsp3) is 0.250. The largest absolute Gasteiger partial charge is 0.364 e.